The van der Waals surface area contributed by atoms with Gasteiger partial charge in [0.15, 0.2) is 0 Å². The number of carbonyl (C=O) groups is 1. The molecule has 0 unspecified atom stereocenters. The monoisotopic (exact) mass is 209 g/mol. The molecule has 1 amide bonds. The van der Waals surface area contributed by atoms with E-state index in [9.17, 15) is 4.79 Å². The Hall–Kier alpha value is -1.50. The summed E-state index contributed by atoms with van der Waals surface area (Å²) in [7, 11) is 0. The highest BCUT2D eigenvalue weighted by Gasteiger charge is 2.06. The van der Waals surface area contributed by atoms with Crippen molar-refractivity contribution < 1.29 is 4.79 Å². The maximum Gasteiger partial charge on any atom is 0.263 e. The molecule has 0 aliphatic heterocycles. The molecule has 0 fully saturated rings. The van der Waals surface area contributed by atoms with Crippen LogP contribution in [0.25, 0.3) is 0 Å². The third-order valence-electron chi connectivity index (χ3n) is 1.67. The van der Waals surface area contributed by atoms with Gasteiger partial charge in [0.2, 0.25) is 0 Å². The second-order valence-electron chi connectivity index (χ2n) is 3.73. The number of nitrogens with one attached hydrogen (secondary N) is 2. The van der Waals surface area contributed by atoms with Crippen molar-refractivity contribution >= 4 is 5.91 Å². The predicted molar refractivity (Wildman–Crippen MR) is 59.8 cm³/mol. The first-order valence-electron chi connectivity index (χ1n) is 5.23. The standard InChI is InChI=1S/C11H19N3O/c1-4-5-14-11(15)10(6-12)8-13-7-9(2)3/h8-9,13H,4-5,7H2,1-3H3,(H,14,15)/b10-8-. The minimum atomic E-state index is -0.310. The van der Waals surface area contributed by atoms with Gasteiger partial charge in [-0.05, 0) is 12.3 Å². The van der Waals surface area contributed by atoms with Crippen molar-refractivity contribution in [1.29, 1.82) is 5.26 Å². The molecule has 0 aliphatic carbocycles. The lowest BCUT2D eigenvalue weighted by atomic mass is 10.2. The van der Waals surface area contributed by atoms with Crippen LogP contribution >= 0.6 is 0 Å². The van der Waals surface area contributed by atoms with E-state index in [1.54, 1.807) is 0 Å². The molecule has 4 nitrogen and oxygen atoms in total. The van der Waals surface area contributed by atoms with Crippen molar-refractivity contribution in [3.63, 3.8) is 0 Å². The molecule has 0 aromatic rings. The first-order chi connectivity index (χ1) is 7.11. The fraction of sp³-hybridized carbons (Fsp3) is 0.636. The summed E-state index contributed by atoms with van der Waals surface area (Å²) in [6, 6.07) is 1.87. The summed E-state index contributed by atoms with van der Waals surface area (Å²) < 4.78 is 0. The highest BCUT2D eigenvalue weighted by Crippen LogP contribution is 1.92. The molecule has 0 aromatic carbocycles. The average molecular weight is 209 g/mol. The average Bonchev–Trinajstić information content (AvgIpc) is 2.20. The maximum absolute atomic E-state index is 11.4. The van der Waals surface area contributed by atoms with Gasteiger partial charge < -0.3 is 10.6 Å². The Bertz CT molecular complexity index is 263. The van der Waals surface area contributed by atoms with E-state index < -0.39 is 0 Å². The van der Waals surface area contributed by atoms with Gasteiger partial charge in [0.1, 0.15) is 11.6 Å². The Labute approximate surface area is 91.4 Å². The fourth-order valence-electron chi connectivity index (χ4n) is 0.879. The largest absolute Gasteiger partial charge is 0.389 e. The Kier molecular flexibility index (Phi) is 7.08. The van der Waals surface area contributed by atoms with E-state index in [2.05, 4.69) is 24.5 Å². The fourth-order valence-corrected chi connectivity index (χ4v) is 0.879. The van der Waals surface area contributed by atoms with Crippen molar-refractivity contribution in [2.24, 2.45) is 5.92 Å². The maximum atomic E-state index is 11.4. The normalized spacial score (nSPS) is 11.0. The zero-order valence-electron chi connectivity index (χ0n) is 9.63. The SMILES string of the molecule is CCCNC(=O)/C(C#N)=C\NCC(C)C. The molecule has 4 heteroatoms. The molecule has 0 bridgehead atoms. The quantitative estimate of drug-likeness (QED) is 0.509. The minimum absolute atomic E-state index is 0.129. The van der Waals surface area contributed by atoms with Crippen molar-refractivity contribution in [1.82, 2.24) is 10.6 Å². The molecule has 0 rings (SSSR count). The number of hydrogen-bond donors (Lipinski definition) is 2. The molecule has 0 saturated carbocycles. The molecule has 2 N–H and O–H groups in total. The van der Waals surface area contributed by atoms with Gasteiger partial charge in [-0.3, -0.25) is 4.79 Å². The summed E-state index contributed by atoms with van der Waals surface area (Å²) in [5, 5.41) is 14.3. The summed E-state index contributed by atoms with van der Waals surface area (Å²) in [5.74, 6) is 0.176. The molecule has 0 spiro atoms. The number of nitrogens with zero attached hydrogens (tertiary/aromatic N) is 1. The van der Waals surface area contributed by atoms with Crippen LogP contribution in [0.2, 0.25) is 0 Å². The van der Waals surface area contributed by atoms with Crippen LogP contribution in [0.1, 0.15) is 27.2 Å². The van der Waals surface area contributed by atoms with E-state index in [4.69, 9.17) is 5.26 Å². The highest BCUT2D eigenvalue weighted by atomic mass is 16.1. The summed E-state index contributed by atoms with van der Waals surface area (Å²) >= 11 is 0. The second kappa shape index (κ2) is 7.86. The Morgan fingerprint density at radius 1 is 1.53 bits per heavy atom. The number of nitriles is 1. The van der Waals surface area contributed by atoms with E-state index in [1.807, 2.05) is 13.0 Å². The zero-order chi connectivity index (χ0) is 11.7. The van der Waals surface area contributed by atoms with Crippen molar-refractivity contribution in [2.75, 3.05) is 13.1 Å². The van der Waals surface area contributed by atoms with Gasteiger partial charge >= 0.3 is 0 Å². The van der Waals surface area contributed by atoms with Crippen LogP contribution in [-0.4, -0.2) is 19.0 Å². The molecule has 0 atom stereocenters. The zero-order valence-corrected chi connectivity index (χ0v) is 9.63. The molecule has 0 radical (unpaired) electrons. The van der Waals surface area contributed by atoms with E-state index >= 15 is 0 Å². The van der Waals surface area contributed by atoms with Gasteiger partial charge in [0.05, 0.1) is 0 Å². The number of rotatable bonds is 6. The van der Waals surface area contributed by atoms with Gasteiger partial charge in [-0.2, -0.15) is 5.26 Å². The topological polar surface area (TPSA) is 64.9 Å². The molecule has 84 valence electrons. The Balaban J connectivity index is 4.11. The third kappa shape index (κ3) is 6.55. The van der Waals surface area contributed by atoms with Crippen molar-refractivity contribution in [3.8, 4) is 6.07 Å². The predicted octanol–water partition coefficient (Wildman–Crippen LogP) is 1.17. The lowest BCUT2D eigenvalue weighted by molar-refractivity contribution is -0.117. The van der Waals surface area contributed by atoms with Crippen LogP contribution in [0.4, 0.5) is 0 Å². The molecular weight excluding hydrogens is 190 g/mol. The van der Waals surface area contributed by atoms with Crippen molar-refractivity contribution in [2.45, 2.75) is 27.2 Å². The molecular formula is C11H19N3O. The van der Waals surface area contributed by atoms with Crippen LogP contribution in [0.15, 0.2) is 11.8 Å². The first-order valence-corrected chi connectivity index (χ1v) is 5.23. The smallest absolute Gasteiger partial charge is 0.263 e. The van der Waals surface area contributed by atoms with E-state index in [-0.39, 0.29) is 11.5 Å². The summed E-state index contributed by atoms with van der Waals surface area (Å²) in [4.78, 5) is 11.4. The van der Waals surface area contributed by atoms with Gasteiger partial charge in [-0.15, -0.1) is 0 Å². The molecule has 0 heterocycles. The molecule has 0 aromatic heterocycles. The van der Waals surface area contributed by atoms with Crippen LogP contribution in [-0.2, 0) is 4.79 Å². The van der Waals surface area contributed by atoms with Gasteiger partial charge in [0.25, 0.3) is 5.91 Å². The summed E-state index contributed by atoms with van der Waals surface area (Å²) in [6.07, 6.45) is 2.34. The van der Waals surface area contributed by atoms with E-state index in [0.29, 0.717) is 12.5 Å². The number of amides is 1. The van der Waals surface area contributed by atoms with E-state index in [1.165, 1.54) is 6.20 Å². The van der Waals surface area contributed by atoms with Gasteiger partial charge in [0, 0.05) is 19.3 Å². The van der Waals surface area contributed by atoms with Gasteiger partial charge in [-0.25, -0.2) is 0 Å². The minimum Gasteiger partial charge on any atom is -0.389 e. The highest BCUT2D eigenvalue weighted by molar-refractivity contribution is 5.97. The lowest BCUT2D eigenvalue weighted by Crippen LogP contribution is -2.26. The first kappa shape index (κ1) is 13.5. The molecule has 0 aliphatic rings. The van der Waals surface area contributed by atoms with Gasteiger partial charge in [-0.1, -0.05) is 20.8 Å². The van der Waals surface area contributed by atoms with Crippen LogP contribution in [0.5, 0.6) is 0 Å². The molecule has 0 saturated heterocycles. The Morgan fingerprint density at radius 3 is 2.67 bits per heavy atom. The third-order valence-corrected chi connectivity index (χ3v) is 1.67. The number of hydrogen-bond acceptors (Lipinski definition) is 3. The second-order valence-corrected chi connectivity index (χ2v) is 3.73. The molecule has 15 heavy (non-hydrogen) atoms. The van der Waals surface area contributed by atoms with E-state index in [0.717, 1.165) is 13.0 Å². The van der Waals surface area contributed by atoms with Crippen LogP contribution in [0.3, 0.4) is 0 Å². The van der Waals surface area contributed by atoms with Crippen LogP contribution in [0, 0.1) is 17.2 Å². The van der Waals surface area contributed by atoms with Crippen molar-refractivity contribution in [3.05, 3.63) is 11.8 Å². The van der Waals surface area contributed by atoms with Crippen LogP contribution < -0.4 is 10.6 Å². The summed E-state index contributed by atoms with van der Waals surface area (Å²) in [6.45, 7) is 7.44. The summed E-state index contributed by atoms with van der Waals surface area (Å²) in [5.41, 5.74) is 0.129. The Morgan fingerprint density at radius 2 is 2.20 bits per heavy atom. The number of carbonyl (C=O) groups excluding carboxylic acids is 1. The lowest BCUT2D eigenvalue weighted by Gasteiger charge is -2.05.